The van der Waals surface area contributed by atoms with Crippen LogP contribution in [0.2, 0.25) is 0 Å². The summed E-state index contributed by atoms with van der Waals surface area (Å²) >= 11 is 0. The van der Waals surface area contributed by atoms with Crippen LogP contribution < -0.4 is 10.6 Å². The van der Waals surface area contributed by atoms with Crippen molar-refractivity contribution in [2.75, 3.05) is 12.3 Å². The van der Waals surface area contributed by atoms with Crippen molar-refractivity contribution in [3.63, 3.8) is 0 Å². The highest BCUT2D eigenvalue weighted by Crippen LogP contribution is 2.23. The van der Waals surface area contributed by atoms with E-state index in [9.17, 15) is 4.21 Å². The molecule has 1 aliphatic carbocycles. The minimum Gasteiger partial charge on any atom is -0.357 e. The molecule has 1 aliphatic rings. The van der Waals surface area contributed by atoms with Crippen molar-refractivity contribution in [1.82, 2.24) is 10.6 Å². The number of aliphatic imine (C=N–C) groups is 1. The summed E-state index contributed by atoms with van der Waals surface area (Å²) in [6, 6.07) is 8.84. The fourth-order valence-electron chi connectivity index (χ4n) is 3.24. The lowest BCUT2D eigenvalue weighted by molar-refractivity contribution is 0.413. The van der Waals surface area contributed by atoms with Crippen LogP contribution in [-0.4, -0.2) is 33.8 Å². The Kier molecular flexibility index (Phi) is 10.7. The normalized spacial score (nSPS) is 22.0. The van der Waals surface area contributed by atoms with Gasteiger partial charge in [0.1, 0.15) is 0 Å². The molecule has 0 radical (unpaired) electrons. The number of nitrogens with one attached hydrogen (secondary N) is 2. The Balaban J connectivity index is 0.00000312. The van der Waals surface area contributed by atoms with Crippen molar-refractivity contribution < 1.29 is 4.21 Å². The van der Waals surface area contributed by atoms with Gasteiger partial charge in [-0.3, -0.25) is 4.21 Å². The predicted octanol–water partition coefficient (Wildman–Crippen LogP) is 3.75. The molecule has 6 heteroatoms. The summed E-state index contributed by atoms with van der Waals surface area (Å²) in [6.45, 7) is 7.72. The van der Waals surface area contributed by atoms with Crippen molar-refractivity contribution in [3.05, 3.63) is 35.4 Å². The first-order chi connectivity index (χ1) is 11.6. The van der Waals surface area contributed by atoms with E-state index in [4.69, 9.17) is 4.99 Å². The summed E-state index contributed by atoms with van der Waals surface area (Å²) in [6.07, 6.45) is 4.35. The van der Waals surface area contributed by atoms with Gasteiger partial charge in [0.2, 0.25) is 0 Å². The number of hydrogen-bond acceptors (Lipinski definition) is 2. The van der Waals surface area contributed by atoms with Crippen LogP contribution in [0.1, 0.15) is 50.7 Å². The van der Waals surface area contributed by atoms with E-state index in [0.29, 0.717) is 17.8 Å². The van der Waals surface area contributed by atoms with E-state index in [1.807, 2.05) is 6.92 Å². The molecule has 0 heterocycles. The molecule has 2 N–H and O–H groups in total. The second-order valence-electron chi connectivity index (χ2n) is 6.48. The van der Waals surface area contributed by atoms with Crippen molar-refractivity contribution >= 4 is 40.7 Å². The van der Waals surface area contributed by atoms with E-state index >= 15 is 0 Å². The molecule has 4 nitrogen and oxygen atoms in total. The molecule has 0 aromatic heterocycles. The first-order valence-corrected chi connectivity index (χ1v) is 10.5. The summed E-state index contributed by atoms with van der Waals surface area (Å²) in [5, 5.41) is 7.23. The van der Waals surface area contributed by atoms with Crippen LogP contribution in [0.25, 0.3) is 0 Å². The summed E-state index contributed by atoms with van der Waals surface area (Å²) in [7, 11) is -0.689. The second kappa shape index (κ2) is 11.9. The van der Waals surface area contributed by atoms with Gasteiger partial charge < -0.3 is 10.6 Å². The Labute approximate surface area is 172 Å². The Morgan fingerprint density at radius 3 is 2.80 bits per heavy atom. The second-order valence-corrected chi connectivity index (χ2v) is 8.49. The van der Waals surface area contributed by atoms with E-state index in [1.54, 1.807) is 0 Å². The van der Waals surface area contributed by atoms with E-state index in [2.05, 4.69) is 48.7 Å². The third kappa shape index (κ3) is 7.64. The highest BCUT2D eigenvalue weighted by molar-refractivity contribution is 14.0. The summed E-state index contributed by atoms with van der Waals surface area (Å²) < 4.78 is 12.1. The van der Waals surface area contributed by atoms with Crippen LogP contribution in [0.4, 0.5) is 0 Å². The number of hydrogen-bond donors (Lipinski definition) is 2. The smallest absolute Gasteiger partial charge is 0.191 e. The highest BCUT2D eigenvalue weighted by Gasteiger charge is 2.25. The number of halogens is 1. The summed E-state index contributed by atoms with van der Waals surface area (Å²) in [5.74, 6) is 1.63. The van der Waals surface area contributed by atoms with Gasteiger partial charge in [0.25, 0.3) is 0 Å². The van der Waals surface area contributed by atoms with Crippen LogP contribution in [-0.2, 0) is 17.3 Å². The molecule has 2 rings (SSSR count). The molecular formula is C19H32IN3OS. The molecular weight excluding hydrogens is 445 g/mol. The number of aryl methyl sites for hydroxylation is 1. The maximum Gasteiger partial charge on any atom is 0.191 e. The molecule has 0 bridgehead atoms. The third-order valence-electron chi connectivity index (χ3n) is 4.47. The van der Waals surface area contributed by atoms with Crippen LogP contribution in [0.5, 0.6) is 0 Å². The van der Waals surface area contributed by atoms with E-state index < -0.39 is 10.8 Å². The number of rotatable bonds is 6. The molecule has 1 aromatic rings. The van der Waals surface area contributed by atoms with E-state index in [1.165, 1.54) is 11.1 Å². The lowest BCUT2D eigenvalue weighted by Crippen LogP contribution is -2.46. The lowest BCUT2D eigenvalue weighted by Gasteiger charge is -2.30. The van der Waals surface area contributed by atoms with Crippen molar-refractivity contribution in [2.24, 2.45) is 4.99 Å². The molecule has 25 heavy (non-hydrogen) atoms. The number of guanidine groups is 1. The molecule has 0 aliphatic heterocycles. The van der Waals surface area contributed by atoms with Gasteiger partial charge in [-0.25, -0.2) is 4.99 Å². The lowest BCUT2D eigenvalue weighted by atomic mass is 9.95. The molecule has 3 atom stereocenters. The predicted molar refractivity (Wildman–Crippen MR) is 119 cm³/mol. The fourth-order valence-corrected chi connectivity index (χ4v) is 4.59. The van der Waals surface area contributed by atoms with Crippen LogP contribution in [0, 0.1) is 6.92 Å². The molecule has 142 valence electrons. The first-order valence-electron chi connectivity index (χ1n) is 9.10. The molecule has 1 saturated carbocycles. The molecule has 0 spiro atoms. The van der Waals surface area contributed by atoms with Gasteiger partial charge in [-0.15, -0.1) is 24.0 Å². The van der Waals surface area contributed by atoms with Gasteiger partial charge in [-0.1, -0.05) is 43.2 Å². The van der Waals surface area contributed by atoms with E-state index in [-0.39, 0.29) is 24.0 Å². The topological polar surface area (TPSA) is 53.5 Å². The Bertz CT molecular complexity index is 580. The average Bonchev–Trinajstić information content (AvgIpc) is 2.59. The largest absolute Gasteiger partial charge is 0.357 e. The van der Waals surface area contributed by atoms with Crippen LogP contribution in [0.15, 0.2) is 29.3 Å². The van der Waals surface area contributed by atoms with Gasteiger partial charge in [-0.2, -0.15) is 0 Å². The maximum atomic E-state index is 12.1. The van der Waals surface area contributed by atoms with Crippen molar-refractivity contribution in [1.29, 1.82) is 0 Å². The number of benzene rings is 1. The minimum atomic E-state index is -0.689. The molecule has 1 fully saturated rings. The van der Waals surface area contributed by atoms with E-state index in [0.717, 1.165) is 43.9 Å². The Hall–Kier alpha value is -0.630. The van der Waals surface area contributed by atoms with Gasteiger partial charge in [-0.05, 0) is 38.7 Å². The zero-order chi connectivity index (χ0) is 17.4. The van der Waals surface area contributed by atoms with Gasteiger partial charge in [0, 0.05) is 34.4 Å². The fraction of sp³-hybridized carbons (Fsp3) is 0.632. The Morgan fingerprint density at radius 1 is 1.32 bits per heavy atom. The SMILES string of the molecule is CCNC(=NCc1cccc(C)c1)NC1CCCC(S(=O)CC)C1.I. The zero-order valence-corrected chi connectivity index (χ0v) is 18.7. The quantitative estimate of drug-likeness (QED) is 0.373. The average molecular weight is 477 g/mol. The minimum absolute atomic E-state index is 0. The van der Waals surface area contributed by atoms with Crippen molar-refractivity contribution in [3.8, 4) is 0 Å². The summed E-state index contributed by atoms with van der Waals surface area (Å²) in [4.78, 5) is 4.73. The molecule has 1 aromatic carbocycles. The molecule has 0 saturated heterocycles. The standard InChI is InChI=1S/C19H31N3OS.HI/c1-4-20-19(21-14-16-9-6-8-15(3)12-16)22-17-10-7-11-18(13-17)24(23)5-2;/h6,8-9,12,17-18H,4-5,7,10-11,13-14H2,1-3H3,(H2,20,21,22);1H. The third-order valence-corrected chi connectivity index (χ3v) is 6.21. The maximum absolute atomic E-state index is 12.1. The molecule has 3 unspecified atom stereocenters. The summed E-state index contributed by atoms with van der Waals surface area (Å²) in [5.41, 5.74) is 2.48. The monoisotopic (exact) mass is 477 g/mol. The first kappa shape index (κ1) is 22.4. The van der Waals surface area contributed by atoms with Gasteiger partial charge in [0.15, 0.2) is 5.96 Å². The molecule has 0 amide bonds. The zero-order valence-electron chi connectivity index (χ0n) is 15.6. The van der Waals surface area contributed by atoms with Crippen LogP contribution >= 0.6 is 24.0 Å². The van der Waals surface area contributed by atoms with Gasteiger partial charge in [0.05, 0.1) is 6.54 Å². The van der Waals surface area contributed by atoms with Crippen LogP contribution in [0.3, 0.4) is 0 Å². The van der Waals surface area contributed by atoms with Gasteiger partial charge >= 0.3 is 0 Å². The Morgan fingerprint density at radius 2 is 2.12 bits per heavy atom. The number of nitrogens with zero attached hydrogens (tertiary/aromatic N) is 1. The highest BCUT2D eigenvalue weighted by atomic mass is 127. The van der Waals surface area contributed by atoms with Crippen molar-refractivity contribution in [2.45, 2.75) is 64.3 Å².